The quantitative estimate of drug-likeness (QED) is 0.889. The zero-order valence-electron chi connectivity index (χ0n) is 11.4. The van der Waals surface area contributed by atoms with Gasteiger partial charge in [0.2, 0.25) is 10.0 Å². The molecule has 0 aliphatic carbocycles. The van der Waals surface area contributed by atoms with Crippen molar-refractivity contribution in [2.45, 2.75) is 25.2 Å². The van der Waals surface area contributed by atoms with E-state index in [2.05, 4.69) is 9.71 Å². The van der Waals surface area contributed by atoms with Crippen LogP contribution in [0.3, 0.4) is 0 Å². The summed E-state index contributed by atoms with van der Waals surface area (Å²) in [7, 11) is -3.58. The zero-order chi connectivity index (χ0) is 14.8. The highest BCUT2D eigenvalue weighted by Crippen LogP contribution is 2.11. The predicted molar refractivity (Wildman–Crippen MR) is 75.6 cm³/mol. The predicted octanol–water partition coefficient (Wildman–Crippen LogP) is 2.29. The molecule has 0 aliphatic heterocycles. The third-order valence-electron chi connectivity index (χ3n) is 3.07. The highest BCUT2D eigenvalue weighted by Gasteiger charge is 2.13. The molecule has 2 N–H and O–H groups in total. The Labute approximate surface area is 118 Å². The van der Waals surface area contributed by atoms with E-state index in [1.807, 2.05) is 19.9 Å². The molecule has 0 radical (unpaired) electrons. The lowest BCUT2D eigenvalue weighted by molar-refractivity contribution is 0.580. The van der Waals surface area contributed by atoms with E-state index in [0.29, 0.717) is 13.0 Å². The normalized spacial score (nSPS) is 11.8. The largest absolute Gasteiger partial charge is 0.362 e. The Hall–Kier alpha value is -1.66. The topological polar surface area (TPSA) is 62.0 Å². The lowest BCUT2D eigenvalue weighted by atomic mass is 10.2. The lowest BCUT2D eigenvalue weighted by Gasteiger charge is -2.06. The summed E-state index contributed by atoms with van der Waals surface area (Å²) in [6.45, 7) is 4.22. The average molecular weight is 296 g/mol. The van der Waals surface area contributed by atoms with Crippen molar-refractivity contribution in [1.29, 1.82) is 0 Å². The number of aromatic nitrogens is 1. The first-order valence-electron chi connectivity index (χ1n) is 6.29. The fourth-order valence-corrected chi connectivity index (χ4v) is 3.09. The molecule has 2 rings (SSSR count). The van der Waals surface area contributed by atoms with Crippen LogP contribution in [0.25, 0.3) is 0 Å². The van der Waals surface area contributed by atoms with Gasteiger partial charge in [0.1, 0.15) is 5.82 Å². The van der Waals surface area contributed by atoms with E-state index in [1.165, 1.54) is 12.1 Å². The minimum absolute atomic E-state index is 0.0703. The van der Waals surface area contributed by atoms with Gasteiger partial charge in [-0.3, -0.25) is 0 Å². The molecule has 1 heterocycles. The molecule has 0 unspecified atom stereocenters. The molecular formula is C14H17FN2O2S. The van der Waals surface area contributed by atoms with E-state index in [0.717, 1.165) is 29.1 Å². The number of hydrogen-bond acceptors (Lipinski definition) is 2. The van der Waals surface area contributed by atoms with Gasteiger partial charge in [-0.1, -0.05) is 0 Å². The first-order valence-corrected chi connectivity index (χ1v) is 7.77. The molecule has 6 heteroatoms. The van der Waals surface area contributed by atoms with Crippen LogP contribution in [0.1, 0.15) is 17.0 Å². The molecule has 0 bridgehead atoms. The first kappa shape index (κ1) is 14.7. The van der Waals surface area contributed by atoms with Crippen LogP contribution >= 0.6 is 0 Å². The fourth-order valence-electron chi connectivity index (χ4n) is 2.06. The maximum absolute atomic E-state index is 12.8. The Morgan fingerprint density at radius 3 is 2.40 bits per heavy atom. The van der Waals surface area contributed by atoms with E-state index >= 15 is 0 Å². The number of nitrogens with one attached hydrogen (secondary N) is 2. The Morgan fingerprint density at radius 2 is 1.85 bits per heavy atom. The monoisotopic (exact) mass is 296 g/mol. The second kappa shape index (κ2) is 5.76. The van der Waals surface area contributed by atoms with Crippen LogP contribution in [0, 0.1) is 19.7 Å². The fraction of sp³-hybridized carbons (Fsp3) is 0.286. The van der Waals surface area contributed by atoms with Gasteiger partial charge in [0.25, 0.3) is 0 Å². The number of aryl methyl sites for hydroxylation is 2. The van der Waals surface area contributed by atoms with Gasteiger partial charge in [0, 0.05) is 17.9 Å². The van der Waals surface area contributed by atoms with Crippen molar-refractivity contribution in [1.82, 2.24) is 9.71 Å². The number of benzene rings is 1. The molecule has 4 nitrogen and oxygen atoms in total. The number of H-pyrrole nitrogens is 1. The van der Waals surface area contributed by atoms with Crippen molar-refractivity contribution >= 4 is 10.0 Å². The van der Waals surface area contributed by atoms with Crippen LogP contribution in [0.5, 0.6) is 0 Å². The third kappa shape index (κ3) is 3.46. The van der Waals surface area contributed by atoms with Gasteiger partial charge in [-0.2, -0.15) is 0 Å². The molecule has 0 aliphatic rings. The maximum Gasteiger partial charge on any atom is 0.240 e. The van der Waals surface area contributed by atoms with Gasteiger partial charge in [-0.25, -0.2) is 17.5 Å². The van der Waals surface area contributed by atoms with Gasteiger partial charge in [0.05, 0.1) is 4.90 Å². The molecule has 0 saturated heterocycles. The molecule has 108 valence electrons. The molecule has 0 spiro atoms. The summed E-state index contributed by atoms with van der Waals surface area (Å²) >= 11 is 0. The van der Waals surface area contributed by atoms with Gasteiger partial charge < -0.3 is 4.98 Å². The molecule has 1 aromatic heterocycles. The molecule has 1 aromatic carbocycles. The summed E-state index contributed by atoms with van der Waals surface area (Å²) in [5, 5.41) is 0. The van der Waals surface area contributed by atoms with Crippen LogP contribution < -0.4 is 4.72 Å². The van der Waals surface area contributed by atoms with Gasteiger partial charge in [-0.05, 0) is 56.2 Å². The molecule has 0 fully saturated rings. The summed E-state index contributed by atoms with van der Waals surface area (Å²) in [6.07, 6.45) is 0.608. The maximum atomic E-state index is 12.8. The highest BCUT2D eigenvalue weighted by molar-refractivity contribution is 7.89. The minimum Gasteiger partial charge on any atom is -0.362 e. The molecule has 0 atom stereocenters. The van der Waals surface area contributed by atoms with Crippen molar-refractivity contribution in [2.24, 2.45) is 0 Å². The number of rotatable bonds is 5. The average Bonchev–Trinajstić information content (AvgIpc) is 2.68. The number of sulfonamides is 1. The summed E-state index contributed by atoms with van der Waals surface area (Å²) in [5.41, 5.74) is 3.19. The summed E-state index contributed by atoms with van der Waals surface area (Å²) < 4.78 is 39.3. The van der Waals surface area contributed by atoms with Crippen LogP contribution in [-0.4, -0.2) is 19.9 Å². The van der Waals surface area contributed by atoms with Gasteiger partial charge in [0.15, 0.2) is 0 Å². The van der Waals surface area contributed by atoms with Crippen molar-refractivity contribution in [2.75, 3.05) is 6.54 Å². The minimum atomic E-state index is -3.58. The molecule has 0 saturated carbocycles. The second-order valence-electron chi connectivity index (χ2n) is 4.70. The van der Waals surface area contributed by atoms with Crippen molar-refractivity contribution < 1.29 is 12.8 Å². The van der Waals surface area contributed by atoms with Crippen LogP contribution in [0.4, 0.5) is 4.39 Å². The number of aromatic amines is 1. The third-order valence-corrected chi connectivity index (χ3v) is 4.54. The smallest absolute Gasteiger partial charge is 0.240 e. The Bertz CT molecular complexity index is 690. The van der Waals surface area contributed by atoms with Crippen molar-refractivity contribution in [3.8, 4) is 0 Å². The molecular weight excluding hydrogens is 279 g/mol. The number of halogens is 1. The Balaban J connectivity index is 1.99. The highest BCUT2D eigenvalue weighted by atomic mass is 32.2. The van der Waals surface area contributed by atoms with Crippen molar-refractivity contribution in [3.63, 3.8) is 0 Å². The summed E-state index contributed by atoms with van der Waals surface area (Å²) in [5.74, 6) is -0.456. The van der Waals surface area contributed by atoms with Gasteiger partial charge in [-0.15, -0.1) is 0 Å². The molecule has 2 aromatic rings. The summed E-state index contributed by atoms with van der Waals surface area (Å²) in [4.78, 5) is 3.24. The van der Waals surface area contributed by atoms with Gasteiger partial charge >= 0.3 is 0 Å². The summed E-state index contributed by atoms with van der Waals surface area (Å²) in [6, 6.07) is 6.77. The van der Waals surface area contributed by atoms with Crippen LogP contribution in [0.2, 0.25) is 0 Å². The van der Waals surface area contributed by atoms with Crippen LogP contribution in [0.15, 0.2) is 35.2 Å². The zero-order valence-corrected chi connectivity index (χ0v) is 12.2. The van der Waals surface area contributed by atoms with E-state index in [9.17, 15) is 12.8 Å². The molecule has 20 heavy (non-hydrogen) atoms. The van der Waals surface area contributed by atoms with Crippen LogP contribution in [-0.2, 0) is 16.4 Å². The van der Waals surface area contributed by atoms with E-state index in [4.69, 9.17) is 0 Å². The standard InChI is InChI=1S/C14H17FN2O2S/c1-10-9-12(11(2)17-10)7-8-16-20(18,19)14-5-3-13(15)4-6-14/h3-6,9,16-17H,7-8H2,1-2H3. The lowest BCUT2D eigenvalue weighted by Crippen LogP contribution is -2.26. The molecule has 0 amide bonds. The SMILES string of the molecule is Cc1cc(CCNS(=O)(=O)c2ccc(F)cc2)c(C)[nH]1. The Morgan fingerprint density at radius 1 is 1.20 bits per heavy atom. The van der Waals surface area contributed by atoms with Crippen molar-refractivity contribution in [3.05, 3.63) is 53.1 Å². The second-order valence-corrected chi connectivity index (χ2v) is 6.47. The van der Waals surface area contributed by atoms with E-state index in [-0.39, 0.29) is 4.90 Å². The first-order chi connectivity index (χ1) is 9.38. The Kier molecular flexibility index (Phi) is 4.25. The van der Waals surface area contributed by atoms with E-state index in [1.54, 1.807) is 0 Å². The number of hydrogen-bond donors (Lipinski definition) is 2. The van der Waals surface area contributed by atoms with E-state index < -0.39 is 15.8 Å².